The molecule has 0 bridgehead atoms. The normalized spacial score (nSPS) is 11.2. The van der Waals surface area contributed by atoms with Crippen molar-refractivity contribution in [1.82, 2.24) is 0 Å². The summed E-state index contributed by atoms with van der Waals surface area (Å²) >= 11 is 1.57. The Balaban J connectivity index is 0.00000200. The fourth-order valence-electron chi connectivity index (χ4n) is 1.48. The maximum absolute atomic E-state index is 4.61. The predicted octanol–water partition coefficient (Wildman–Crippen LogP) is 5.63. The van der Waals surface area contributed by atoms with Crippen LogP contribution < -0.4 is 5.32 Å². The van der Waals surface area contributed by atoms with Crippen molar-refractivity contribution in [1.29, 1.82) is 0 Å². The number of rotatable bonds is 3. The molecule has 0 aliphatic carbocycles. The van der Waals surface area contributed by atoms with E-state index in [1.807, 2.05) is 79.1 Å². The number of thioether (sulfide) groups is 1. The topological polar surface area (TPSA) is 24.4 Å². The van der Waals surface area contributed by atoms with Gasteiger partial charge in [-0.05, 0) is 36.6 Å². The van der Waals surface area contributed by atoms with Gasteiger partial charge in [0.1, 0.15) is 0 Å². The van der Waals surface area contributed by atoms with Gasteiger partial charge in [-0.3, -0.25) is 0 Å². The molecule has 4 heteroatoms. The van der Waals surface area contributed by atoms with Crippen LogP contribution in [0.1, 0.15) is 6.92 Å². The number of hydrogen-bond donors (Lipinski definition) is 1. The number of anilines is 1. The van der Waals surface area contributed by atoms with Crippen LogP contribution in [0.5, 0.6) is 0 Å². The quantitative estimate of drug-likeness (QED) is 0.574. The minimum Gasteiger partial charge on any atom is -0.334 e. The van der Waals surface area contributed by atoms with Crippen LogP contribution >= 0.6 is 28.7 Å². The molecule has 1 N–H and O–H groups in total. The van der Waals surface area contributed by atoms with Crippen molar-refractivity contribution < 1.29 is 0 Å². The Bertz CT molecular complexity index is 553. The number of nitrogens with one attached hydrogen (secondary N) is 1. The fraction of sp³-hybridized carbons (Fsp3) is 0.0625. The number of hydrogen-bond acceptors (Lipinski definition) is 2. The summed E-state index contributed by atoms with van der Waals surface area (Å²) in [5, 5.41) is 6.19. The Labute approximate surface area is 134 Å². The van der Waals surface area contributed by atoms with E-state index in [-0.39, 0.29) is 17.0 Å². The van der Waals surface area contributed by atoms with Gasteiger partial charge in [-0.1, -0.05) is 54.2 Å². The lowest BCUT2D eigenvalue weighted by molar-refractivity contribution is 1.51. The van der Waals surface area contributed by atoms with Crippen molar-refractivity contribution in [2.45, 2.75) is 6.92 Å². The number of amidine groups is 1. The second-order valence-electron chi connectivity index (χ2n) is 3.83. The Morgan fingerprint density at radius 2 is 1.60 bits per heavy atom. The molecule has 0 radical (unpaired) electrons. The van der Waals surface area contributed by atoms with E-state index in [0.29, 0.717) is 0 Å². The molecule has 2 nitrogen and oxygen atoms in total. The van der Waals surface area contributed by atoms with Gasteiger partial charge in [0.15, 0.2) is 5.17 Å². The van der Waals surface area contributed by atoms with Gasteiger partial charge in [-0.15, -0.1) is 17.0 Å². The monoisotopic (exact) mass is 348 g/mol. The minimum absolute atomic E-state index is 0. The third kappa shape index (κ3) is 5.63. The summed E-state index contributed by atoms with van der Waals surface area (Å²) in [6.07, 6.45) is 2.00. The van der Waals surface area contributed by atoms with Gasteiger partial charge in [0.05, 0.1) is 5.69 Å². The van der Waals surface area contributed by atoms with E-state index in [0.717, 1.165) is 16.5 Å². The first-order valence-corrected chi connectivity index (χ1v) is 7.00. The molecule has 2 rings (SSSR count). The Hall–Kier alpha value is -1.52. The van der Waals surface area contributed by atoms with E-state index in [1.165, 1.54) is 0 Å². The average molecular weight is 349 g/mol. The van der Waals surface area contributed by atoms with Crippen LogP contribution in [0.15, 0.2) is 77.1 Å². The van der Waals surface area contributed by atoms with Crippen molar-refractivity contribution in [3.63, 3.8) is 0 Å². The van der Waals surface area contributed by atoms with Gasteiger partial charge in [-0.25, -0.2) is 4.99 Å². The molecule has 2 aromatic rings. The van der Waals surface area contributed by atoms with Crippen LogP contribution in [0, 0.1) is 0 Å². The lowest BCUT2D eigenvalue weighted by Crippen LogP contribution is -2.06. The number of halogens is 1. The molecule has 0 atom stereocenters. The molecular weight excluding hydrogens is 332 g/mol. The van der Waals surface area contributed by atoms with Crippen molar-refractivity contribution in [3.8, 4) is 0 Å². The zero-order chi connectivity index (χ0) is 13.3. The molecule has 0 aromatic heterocycles. The van der Waals surface area contributed by atoms with E-state index in [1.54, 1.807) is 11.8 Å². The first-order valence-electron chi connectivity index (χ1n) is 6.12. The summed E-state index contributed by atoms with van der Waals surface area (Å²) in [7, 11) is 0. The molecule has 0 aliphatic rings. The van der Waals surface area contributed by atoms with Gasteiger partial charge in [0.25, 0.3) is 0 Å². The molecule has 20 heavy (non-hydrogen) atoms. The minimum atomic E-state index is 0. The standard InChI is InChI=1S/C16H16N2S.BrH/c1-2-13-19-16(17-14-9-5-3-6-10-14)18-15-11-7-4-8-12-15;/h2-13H,1H3,(H,17,18);1H/b13-2+;. The molecule has 0 saturated carbocycles. The fourth-order valence-corrected chi connectivity index (χ4v) is 2.08. The van der Waals surface area contributed by atoms with Crippen LogP contribution in [0.4, 0.5) is 11.4 Å². The van der Waals surface area contributed by atoms with Crippen LogP contribution in [-0.2, 0) is 0 Å². The lowest BCUT2D eigenvalue weighted by Gasteiger charge is -2.07. The van der Waals surface area contributed by atoms with Crippen molar-refractivity contribution in [2.75, 3.05) is 5.32 Å². The van der Waals surface area contributed by atoms with Gasteiger partial charge in [-0.2, -0.15) is 0 Å². The number of benzene rings is 2. The van der Waals surface area contributed by atoms with Crippen molar-refractivity contribution in [2.24, 2.45) is 4.99 Å². The van der Waals surface area contributed by atoms with Crippen LogP contribution in [0.2, 0.25) is 0 Å². The molecule has 0 spiro atoms. The third-order valence-electron chi connectivity index (χ3n) is 2.33. The molecule has 2 aromatic carbocycles. The second-order valence-corrected chi connectivity index (χ2v) is 4.73. The molecule has 104 valence electrons. The maximum Gasteiger partial charge on any atom is 0.170 e. The van der Waals surface area contributed by atoms with Crippen molar-refractivity contribution >= 4 is 45.3 Å². The van der Waals surface area contributed by atoms with Crippen LogP contribution in [-0.4, -0.2) is 5.17 Å². The van der Waals surface area contributed by atoms with Gasteiger partial charge in [0, 0.05) is 5.69 Å². The van der Waals surface area contributed by atoms with Gasteiger partial charge in [0.2, 0.25) is 0 Å². The highest BCUT2D eigenvalue weighted by Crippen LogP contribution is 2.17. The highest BCUT2D eigenvalue weighted by molar-refractivity contribution is 8.93. The lowest BCUT2D eigenvalue weighted by atomic mass is 10.3. The molecule has 0 unspecified atom stereocenters. The van der Waals surface area contributed by atoms with Gasteiger partial charge < -0.3 is 5.32 Å². The molecule has 0 amide bonds. The van der Waals surface area contributed by atoms with Crippen molar-refractivity contribution in [3.05, 3.63) is 72.1 Å². The number of para-hydroxylation sites is 2. The third-order valence-corrected chi connectivity index (χ3v) is 3.15. The summed E-state index contributed by atoms with van der Waals surface area (Å²) in [6.45, 7) is 2.00. The number of aliphatic imine (C=N–C) groups is 1. The Morgan fingerprint density at radius 3 is 2.20 bits per heavy atom. The molecular formula is C16H17BrN2S. The molecule has 0 fully saturated rings. The van der Waals surface area contributed by atoms with Crippen LogP contribution in [0.3, 0.4) is 0 Å². The summed E-state index contributed by atoms with van der Waals surface area (Å²) < 4.78 is 0. The van der Waals surface area contributed by atoms with E-state index in [2.05, 4.69) is 10.3 Å². The highest BCUT2D eigenvalue weighted by atomic mass is 79.9. The van der Waals surface area contributed by atoms with E-state index in [4.69, 9.17) is 0 Å². The summed E-state index contributed by atoms with van der Waals surface area (Å²) in [4.78, 5) is 4.61. The molecule has 0 aliphatic heterocycles. The van der Waals surface area contributed by atoms with E-state index >= 15 is 0 Å². The van der Waals surface area contributed by atoms with Gasteiger partial charge >= 0.3 is 0 Å². The molecule has 0 saturated heterocycles. The maximum atomic E-state index is 4.61. The molecule has 0 heterocycles. The Morgan fingerprint density at radius 1 is 1.00 bits per heavy atom. The zero-order valence-electron chi connectivity index (χ0n) is 11.2. The number of nitrogens with zero attached hydrogens (tertiary/aromatic N) is 1. The first kappa shape index (κ1) is 16.5. The average Bonchev–Trinajstić information content (AvgIpc) is 2.47. The number of allylic oxidation sites excluding steroid dienone is 1. The smallest absolute Gasteiger partial charge is 0.170 e. The Kier molecular flexibility index (Phi) is 7.77. The summed E-state index contributed by atoms with van der Waals surface area (Å²) in [6, 6.07) is 20.0. The van der Waals surface area contributed by atoms with E-state index < -0.39 is 0 Å². The zero-order valence-corrected chi connectivity index (χ0v) is 13.7. The highest BCUT2D eigenvalue weighted by Gasteiger charge is 1.99. The largest absolute Gasteiger partial charge is 0.334 e. The summed E-state index contributed by atoms with van der Waals surface area (Å²) in [5.74, 6) is 0. The second kappa shape index (κ2) is 9.39. The first-order chi connectivity index (χ1) is 9.38. The van der Waals surface area contributed by atoms with E-state index in [9.17, 15) is 0 Å². The summed E-state index contributed by atoms with van der Waals surface area (Å²) in [5.41, 5.74) is 1.98. The predicted molar refractivity (Wildman–Crippen MR) is 96.3 cm³/mol. The van der Waals surface area contributed by atoms with Crippen LogP contribution in [0.25, 0.3) is 0 Å². The SMILES string of the molecule is Br.C/C=C/SC(=Nc1ccccc1)Nc1ccccc1.